The van der Waals surface area contributed by atoms with Crippen molar-refractivity contribution in [1.82, 2.24) is 0 Å². The molecule has 0 aliphatic heterocycles. The molecule has 0 amide bonds. The molecule has 0 nitrogen and oxygen atoms in total. The normalized spacial score (nSPS) is 13.2. The van der Waals surface area contributed by atoms with E-state index in [1.165, 1.54) is 0 Å². The highest BCUT2D eigenvalue weighted by atomic mass is 35.5. The second-order valence-electron chi connectivity index (χ2n) is 1.62. The minimum absolute atomic E-state index is 0.120. The zero-order valence-corrected chi connectivity index (χ0v) is 6.25. The smallest absolute Gasteiger partial charge is 0.0474 e. The summed E-state index contributed by atoms with van der Waals surface area (Å²) in [7, 11) is 0. The highest BCUT2D eigenvalue weighted by Crippen LogP contribution is 2.06. The highest BCUT2D eigenvalue weighted by Gasteiger charge is 1.97. The lowest BCUT2D eigenvalue weighted by atomic mass is 10.2. The van der Waals surface area contributed by atoms with Gasteiger partial charge in [-0.15, -0.1) is 29.8 Å². The largest absolute Gasteiger partial charge is 0.125 e. The van der Waals surface area contributed by atoms with Gasteiger partial charge in [0, 0.05) is 11.3 Å². The van der Waals surface area contributed by atoms with Gasteiger partial charge in [0.05, 0.1) is 0 Å². The fraction of sp³-hybridized carbons (Fsp3) is 0.667. The van der Waals surface area contributed by atoms with Gasteiger partial charge in [0.2, 0.25) is 0 Å². The Kier molecular flexibility index (Phi) is 5.67. The summed E-state index contributed by atoms with van der Waals surface area (Å²) in [6, 6.07) is 0. The summed E-state index contributed by atoms with van der Waals surface area (Å²) in [4.78, 5) is 0. The van der Waals surface area contributed by atoms with Crippen LogP contribution in [0, 0.1) is 0 Å². The van der Waals surface area contributed by atoms with E-state index in [4.69, 9.17) is 23.2 Å². The average molecular weight is 153 g/mol. The molecule has 0 aromatic carbocycles. The number of hydrogen-bond acceptors (Lipinski definition) is 0. The van der Waals surface area contributed by atoms with Crippen LogP contribution in [-0.2, 0) is 0 Å². The predicted molar refractivity (Wildman–Crippen MR) is 39.8 cm³/mol. The van der Waals surface area contributed by atoms with Crippen LogP contribution in [0.1, 0.15) is 12.8 Å². The van der Waals surface area contributed by atoms with E-state index in [1.54, 1.807) is 0 Å². The summed E-state index contributed by atoms with van der Waals surface area (Å²) in [6.45, 7) is 3.57. The molecule has 0 aliphatic carbocycles. The van der Waals surface area contributed by atoms with Crippen molar-refractivity contribution in [3.05, 3.63) is 12.7 Å². The van der Waals surface area contributed by atoms with Crippen LogP contribution in [-0.4, -0.2) is 11.3 Å². The van der Waals surface area contributed by atoms with Gasteiger partial charge in [-0.2, -0.15) is 0 Å². The number of allylic oxidation sites excluding steroid dienone is 1. The van der Waals surface area contributed by atoms with Crippen molar-refractivity contribution in [2.75, 3.05) is 5.88 Å². The molecule has 0 N–H and O–H groups in total. The number of hydrogen-bond donors (Lipinski definition) is 0. The molecule has 0 aliphatic rings. The Balaban J connectivity index is 2.97. The van der Waals surface area contributed by atoms with Gasteiger partial charge in [0.25, 0.3) is 0 Å². The molecule has 0 spiro atoms. The molecule has 1 unspecified atom stereocenters. The number of alkyl halides is 2. The molecule has 0 aromatic rings. The van der Waals surface area contributed by atoms with Gasteiger partial charge in [-0.05, 0) is 12.8 Å². The summed E-state index contributed by atoms with van der Waals surface area (Å²) >= 11 is 11.1. The number of halogens is 2. The van der Waals surface area contributed by atoms with Crippen LogP contribution >= 0.6 is 23.2 Å². The van der Waals surface area contributed by atoms with Crippen LogP contribution in [0.5, 0.6) is 0 Å². The van der Waals surface area contributed by atoms with Crippen LogP contribution in [0.15, 0.2) is 12.7 Å². The molecule has 0 fully saturated rings. The minimum Gasteiger partial charge on any atom is -0.125 e. The topological polar surface area (TPSA) is 0 Å². The molecule has 0 aromatic heterocycles. The fourth-order valence-electron chi connectivity index (χ4n) is 0.376. The van der Waals surface area contributed by atoms with Crippen LogP contribution < -0.4 is 0 Å². The van der Waals surface area contributed by atoms with Crippen LogP contribution in [0.2, 0.25) is 0 Å². The van der Waals surface area contributed by atoms with Gasteiger partial charge in [-0.1, -0.05) is 6.08 Å². The highest BCUT2D eigenvalue weighted by molar-refractivity contribution is 6.28. The molecule has 0 bridgehead atoms. The quantitative estimate of drug-likeness (QED) is 0.430. The average Bonchev–Trinajstić information content (AvgIpc) is 1.83. The summed E-state index contributed by atoms with van der Waals surface area (Å²) in [5, 5.41) is 0.120. The van der Waals surface area contributed by atoms with Crippen molar-refractivity contribution in [3.63, 3.8) is 0 Å². The summed E-state index contributed by atoms with van der Waals surface area (Å²) in [6.07, 6.45) is 3.75. The third-order valence-electron chi connectivity index (χ3n) is 0.851. The van der Waals surface area contributed by atoms with Crippen LogP contribution in [0.4, 0.5) is 0 Å². The maximum Gasteiger partial charge on any atom is 0.0474 e. The Morgan fingerprint density at radius 2 is 2.25 bits per heavy atom. The monoisotopic (exact) mass is 152 g/mol. The molecular formula is C6H10Cl2. The van der Waals surface area contributed by atoms with Gasteiger partial charge in [-0.25, -0.2) is 0 Å². The molecule has 0 saturated heterocycles. The second kappa shape index (κ2) is 5.46. The molecule has 8 heavy (non-hydrogen) atoms. The van der Waals surface area contributed by atoms with Crippen molar-refractivity contribution in [1.29, 1.82) is 0 Å². The maximum absolute atomic E-state index is 5.66. The van der Waals surface area contributed by atoms with Gasteiger partial charge < -0.3 is 0 Å². The van der Waals surface area contributed by atoms with Crippen molar-refractivity contribution in [2.45, 2.75) is 18.2 Å². The standard InChI is InChI=1S/C6H10Cl2/c1-2-3-4-6(8)5-7/h2,6H,1,3-5H2. The van der Waals surface area contributed by atoms with E-state index < -0.39 is 0 Å². The molecule has 0 rings (SSSR count). The van der Waals surface area contributed by atoms with Crippen LogP contribution in [0.3, 0.4) is 0 Å². The fourth-order valence-corrected chi connectivity index (χ4v) is 0.656. The first kappa shape index (κ1) is 8.32. The van der Waals surface area contributed by atoms with E-state index in [0.717, 1.165) is 12.8 Å². The van der Waals surface area contributed by atoms with Gasteiger partial charge in [0.1, 0.15) is 0 Å². The third kappa shape index (κ3) is 4.48. The van der Waals surface area contributed by atoms with E-state index in [-0.39, 0.29) is 5.38 Å². The SMILES string of the molecule is C=CCCC(Cl)CCl. The zero-order valence-electron chi connectivity index (χ0n) is 4.74. The lowest BCUT2D eigenvalue weighted by Gasteiger charge is -1.99. The molecule has 48 valence electrons. The van der Waals surface area contributed by atoms with Crippen molar-refractivity contribution >= 4 is 23.2 Å². The van der Waals surface area contributed by atoms with Gasteiger partial charge in [0.15, 0.2) is 0 Å². The van der Waals surface area contributed by atoms with Gasteiger partial charge in [-0.3, -0.25) is 0 Å². The summed E-state index contributed by atoms with van der Waals surface area (Å²) < 4.78 is 0. The van der Waals surface area contributed by atoms with Gasteiger partial charge >= 0.3 is 0 Å². The molecular weight excluding hydrogens is 143 g/mol. The van der Waals surface area contributed by atoms with Crippen LogP contribution in [0.25, 0.3) is 0 Å². The Bertz CT molecular complexity index is 61.5. The Hall–Kier alpha value is 0.320. The summed E-state index contributed by atoms with van der Waals surface area (Å²) in [5.74, 6) is 0.537. The van der Waals surface area contributed by atoms with Crippen molar-refractivity contribution < 1.29 is 0 Å². The number of rotatable bonds is 4. The van der Waals surface area contributed by atoms with Crippen molar-refractivity contribution in [2.24, 2.45) is 0 Å². The maximum atomic E-state index is 5.66. The predicted octanol–water partition coefficient (Wildman–Crippen LogP) is 2.80. The zero-order chi connectivity index (χ0) is 6.41. The van der Waals surface area contributed by atoms with E-state index in [1.807, 2.05) is 6.08 Å². The molecule has 0 radical (unpaired) electrons. The summed E-state index contributed by atoms with van der Waals surface area (Å²) in [5.41, 5.74) is 0. The molecule has 0 heterocycles. The third-order valence-corrected chi connectivity index (χ3v) is 1.75. The Morgan fingerprint density at radius 3 is 2.62 bits per heavy atom. The Morgan fingerprint density at radius 1 is 1.62 bits per heavy atom. The van der Waals surface area contributed by atoms with E-state index in [0.29, 0.717) is 5.88 Å². The minimum atomic E-state index is 0.120. The van der Waals surface area contributed by atoms with E-state index in [9.17, 15) is 0 Å². The van der Waals surface area contributed by atoms with E-state index in [2.05, 4.69) is 6.58 Å². The lowest BCUT2D eigenvalue weighted by molar-refractivity contribution is 0.829. The van der Waals surface area contributed by atoms with Crippen molar-refractivity contribution in [3.8, 4) is 0 Å². The first-order valence-electron chi connectivity index (χ1n) is 2.62. The first-order valence-corrected chi connectivity index (χ1v) is 3.59. The Labute approximate surface area is 60.5 Å². The molecule has 1 atom stereocenters. The first-order chi connectivity index (χ1) is 3.81. The lowest BCUT2D eigenvalue weighted by Crippen LogP contribution is -1.97. The second-order valence-corrected chi connectivity index (χ2v) is 2.54. The molecule has 2 heteroatoms. The molecule has 0 saturated carbocycles. The van der Waals surface area contributed by atoms with E-state index >= 15 is 0 Å².